The third-order valence-electron chi connectivity index (χ3n) is 4.52. The summed E-state index contributed by atoms with van der Waals surface area (Å²) in [5.41, 5.74) is 5.78. The Hall–Kier alpha value is -1.56. The monoisotopic (exact) mass is 324 g/mol. The second kappa shape index (κ2) is 11.1. The lowest BCUT2D eigenvalue weighted by molar-refractivity contribution is 0.793. The van der Waals surface area contributed by atoms with E-state index < -0.39 is 0 Å². The fourth-order valence-corrected chi connectivity index (χ4v) is 2.59. The molecule has 2 rings (SSSR count). The third kappa shape index (κ3) is 7.34. The minimum atomic E-state index is 0.653. The molecule has 0 aliphatic heterocycles. The van der Waals surface area contributed by atoms with Gasteiger partial charge in [-0.3, -0.25) is 0 Å². The predicted molar refractivity (Wildman–Crippen MR) is 109 cm³/mol. The Balaban J connectivity index is 0.000000243. The van der Waals surface area contributed by atoms with E-state index in [0.717, 1.165) is 6.42 Å². The van der Waals surface area contributed by atoms with E-state index in [1.54, 1.807) is 0 Å². The Kier molecular flexibility index (Phi) is 9.45. The SMILES string of the molecule is CCCCc1ccc(C(C)C)cc1.CCc1ccc(C(C)C)cc1. The van der Waals surface area contributed by atoms with Crippen LogP contribution in [-0.2, 0) is 12.8 Å². The Morgan fingerprint density at radius 2 is 1.04 bits per heavy atom. The molecule has 132 valence electrons. The minimum Gasteiger partial charge on any atom is -0.0654 e. The van der Waals surface area contributed by atoms with E-state index in [1.165, 1.54) is 41.5 Å². The standard InChI is InChI=1S/C13H20.C11H16/c1-4-5-6-12-7-9-13(10-8-12)11(2)3;1-4-10-5-7-11(8-6-10)9(2)3/h7-11H,4-6H2,1-3H3;5-9H,4H2,1-3H3. The van der Waals surface area contributed by atoms with Crippen LogP contribution in [0.1, 0.15) is 88.5 Å². The molecule has 2 aromatic rings. The quantitative estimate of drug-likeness (QED) is 0.515. The molecule has 0 N–H and O–H groups in total. The molecule has 0 unspecified atom stereocenters. The average molecular weight is 325 g/mol. The molecule has 2 aromatic carbocycles. The summed E-state index contributed by atoms with van der Waals surface area (Å²) in [5, 5.41) is 0. The maximum absolute atomic E-state index is 2.27. The number of aryl methyl sites for hydroxylation is 2. The minimum absolute atomic E-state index is 0.653. The van der Waals surface area contributed by atoms with Gasteiger partial charge in [0, 0.05) is 0 Å². The maximum Gasteiger partial charge on any atom is -0.0219 e. The van der Waals surface area contributed by atoms with Crippen LogP contribution in [0.4, 0.5) is 0 Å². The topological polar surface area (TPSA) is 0 Å². The first-order valence-electron chi connectivity index (χ1n) is 9.65. The van der Waals surface area contributed by atoms with Crippen LogP contribution in [-0.4, -0.2) is 0 Å². The van der Waals surface area contributed by atoms with Gasteiger partial charge in [0.15, 0.2) is 0 Å². The van der Waals surface area contributed by atoms with Gasteiger partial charge in [0.1, 0.15) is 0 Å². The molecule has 0 saturated heterocycles. The first kappa shape index (κ1) is 20.5. The van der Waals surface area contributed by atoms with Gasteiger partial charge in [-0.2, -0.15) is 0 Å². The molecule has 0 radical (unpaired) electrons. The van der Waals surface area contributed by atoms with Crippen LogP contribution in [0.25, 0.3) is 0 Å². The third-order valence-corrected chi connectivity index (χ3v) is 4.52. The Morgan fingerprint density at radius 3 is 1.38 bits per heavy atom. The smallest absolute Gasteiger partial charge is 0.0219 e. The van der Waals surface area contributed by atoms with Gasteiger partial charge in [0.2, 0.25) is 0 Å². The number of unbranched alkanes of at least 4 members (excludes halogenated alkanes) is 1. The Labute approximate surface area is 150 Å². The van der Waals surface area contributed by atoms with E-state index in [1.807, 2.05) is 0 Å². The number of benzene rings is 2. The molecule has 0 saturated carbocycles. The van der Waals surface area contributed by atoms with Crippen LogP contribution >= 0.6 is 0 Å². The normalized spacial score (nSPS) is 10.7. The molecule has 0 heterocycles. The summed E-state index contributed by atoms with van der Waals surface area (Å²) in [6, 6.07) is 17.9. The molecular formula is C24H36. The second-order valence-corrected chi connectivity index (χ2v) is 7.25. The van der Waals surface area contributed by atoms with Crippen molar-refractivity contribution in [1.82, 2.24) is 0 Å². The number of rotatable bonds is 6. The average Bonchev–Trinajstić information content (AvgIpc) is 2.61. The fraction of sp³-hybridized carbons (Fsp3) is 0.500. The van der Waals surface area contributed by atoms with E-state index >= 15 is 0 Å². The second-order valence-electron chi connectivity index (χ2n) is 7.25. The van der Waals surface area contributed by atoms with Crippen molar-refractivity contribution in [2.45, 2.75) is 79.1 Å². The van der Waals surface area contributed by atoms with Crippen LogP contribution in [0.15, 0.2) is 48.5 Å². The zero-order valence-corrected chi connectivity index (χ0v) is 16.6. The largest absolute Gasteiger partial charge is 0.0654 e. The summed E-state index contributed by atoms with van der Waals surface area (Å²) in [7, 11) is 0. The molecule has 24 heavy (non-hydrogen) atoms. The highest BCUT2D eigenvalue weighted by molar-refractivity contribution is 5.25. The first-order valence-corrected chi connectivity index (χ1v) is 9.65. The van der Waals surface area contributed by atoms with Crippen LogP contribution < -0.4 is 0 Å². The van der Waals surface area contributed by atoms with Crippen molar-refractivity contribution in [3.05, 3.63) is 70.8 Å². The first-order chi connectivity index (χ1) is 11.5. The van der Waals surface area contributed by atoms with Gasteiger partial charge < -0.3 is 0 Å². The van der Waals surface area contributed by atoms with E-state index in [4.69, 9.17) is 0 Å². The fourth-order valence-electron chi connectivity index (χ4n) is 2.59. The molecule has 0 fully saturated rings. The van der Waals surface area contributed by atoms with Crippen molar-refractivity contribution < 1.29 is 0 Å². The van der Waals surface area contributed by atoms with Crippen molar-refractivity contribution in [2.24, 2.45) is 0 Å². The lowest BCUT2D eigenvalue weighted by atomic mass is 10.00. The zero-order chi connectivity index (χ0) is 17.9. The van der Waals surface area contributed by atoms with Crippen molar-refractivity contribution in [3.63, 3.8) is 0 Å². The predicted octanol–water partition coefficient (Wildman–Crippen LogP) is 7.53. The lowest BCUT2D eigenvalue weighted by Gasteiger charge is -2.06. The highest BCUT2D eigenvalue weighted by atomic mass is 14.0. The summed E-state index contributed by atoms with van der Waals surface area (Å²) >= 11 is 0. The van der Waals surface area contributed by atoms with Crippen LogP contribution in [0.5, 0.6) is 0 Å². The van der Waals surface area contributed by atoms with E-state index in [-0.39, 0.29) is 0 Å². The summed E-state index contributed by atoms with van der Waals surface area (Å²) in [6.45, 7) is 13.3. The molecule has 0 atom stereocenters. The van der Waals surface area contributed by atoms with Crippen LogP contribution in [0.2, 0.25) is 0 Å². The summed E-state index contributed by atoms with van der Waals surface area (Å²) in [4.78, 5) is 0. The molecule has 0 aliphatic carbocycles. The molecule has 0 aromatic heterocycles. The highest BCUT2D eigenvalue weighted by Gasteiger charge is 1.98. The van der Waals surface area contributed by atoms with Gasteiger partial charge in [-0.05, 0) is 53.4 Å². The van der Waals surface area contributed by atoms with Gasteiger partial charge >= 0.3 is 0 Å². The molecule has 0 spiro atoms. The van der Waals surface area contributed by atoms with Crippen molar-refractivity contribution >= 4 is 0 Å². The molecule has 0 nitrogen and oxygen atoms in total. The molecule has 0 aliphatic rings. The van der Waals surface area contributed by atoms with E-state index in [2.05, 4.69) is 90.1 Å². The van der Waals surface area contributed by atoms with Gasteiger partial charge in [-0.15, -0.1) is 0 Å². The van der Waals surface area contributed by atoms with Crippen molar-refractivity contribution in [3.8, 4) is 0 Å². The molecular weight excluding hydrogens is 288 g/mol. The van der Waals surface area contributed by atoms with Crippen molar-refractivity contribution in [2.75, 3.05) is 0 Å². The van der Waals surface area contributed by atoms with Gasteiger partial charge in [-0.1, -0.05) is 96.5 Å². The maximum atomic E-state index is 2.27. The van der Waals surface area contributed by atoms with Gasteiger partial charge in [-0.25, -0.2) is 0 Å². The van der Waals surface area contributed by atoms with E-state index in [0.29, 0.717) is 11.8 Å². The Morgan fingerprint density at radius 1 is 0.625 bits per heavy atom. The Bertz CT molecular complexity index is 544. The molecule has 0 bridgehead atoms. The summed E-state index contributed by atoms with van der Waals surface area (Å²) in [5.74, 6) is 1.31. The van der Waals surface area contributed by atoms with Crippen LogP contribution in [0.3, 0.4) is 0 Å². The van der Waals surface area contributed by atoms with E-state index in [9.17, 15) is 0 Å². The molecule has 0 amide bonds. The van der Waals surface area contributed by atoms with Crippen molar-refractivity contribution in [1.29, 1.82) is 0 Å². The van der Waals surface area contributed by atoms with Gasteiger partial charge in [0.05, 0.1) is 0 Å². The molecule has 0 heteroatoms. The summed E-state index contributed by atoms with van der Waals surface area (Å²) < 4.78 is 0. The van der Waals surface area contributed by atoms with Crippen LogP contribution in [0, 0.1) is 0 Å². The highest BCUT2D eigenvalue weighted by Crippen LogP contribution is 2.16. The summed E-state index contributed by atoms with van der Waals surface area (Å²) in [6.07, 6.45) is 4.96. The zero-order valence-electron chi connectivity index (χ0n) is 16.6. The number of hydrogen-bond acceptors (Lipinski definition) is 0. The number of hydrogen-bond donors (Lipinski definition) is 0. The lowest BCUT2D eigenvalue weighted by Crippen LogP contribution is -1.89. The van der Waals surface area contributed by atoms with Gasteiger partial charge in [0.25, 0.3) is 0 Å².